The molecule has 3 N–H and O–H groups in total. The number of benzene rings is 1. The van der Waals surface area contributed by atoms with E-state index < -0.39 is 0 Å². The van der Waals surface area contributed by atoms with Gasteiger partial charge in [0.1, 0.15) is 0 Å². The zero-order chi connectivity index (χ0) is 13.7. The van der Waals surface area contributed by atoms with Gasteiger partial charge in [-0.15, -0.1) is 5.10 Å². The Morgan fingerprint density at radius 3 is 3.05 bits per heavy atom. The van der Waals surface area contributed by atoms with Gasteiger partial charge in [-0.2, -0.15) is 4.98 Å². The summed E-state index contributed by atoms with van der Waals surface area (Å²) < 4.78 is 7.64. The number of nitrogens with zero attached hydrogens (tertiary/aromatic N) is 3. The van der Waals surface area contributed by atoms with E-state index in [1.54, 1.807) is 11.8 Å². The maximum Gasteiger partial charge on any atom is 0.244 e. The number of anilines is 2. The lowest BCUT2D eigenvalue weighted by Crippen LogP contribution is -2.09. The van der Waals surface area contributed by atoms with Crippen molar-refractivity contribution in [2.45, 2.75) is 6.54 Å². The molecule has 1 aromatic carbocycles. The second-order valence-electron chi connectivity index (χ2n) is 4.00. The van der Waals surface area contributed by atoms with Crippen molar-refractivity contribution < 1.29 is 4.74 Å². The summed E-state index contributed by atoms with van der Waals surface area (Å²) in [6.07, 6.45) is 0. The second-order valence-corrected chi connectivity index (χ2v) is 4.92. The Labute approximate surface area is 120 Å². The summed E-state index contributed by atoms with van der Waals surface area (Å²) in [7, 11) is 1.65. The van der Waals surface area contributed by atoms with Crippen molar-refractivity contribution in [3.8, 4) is 0 Å². The highest BCUT2D eigenvalue weighted by Crippen LogP contribution is 2.14. The molecule has 0 aliphatic carbocycles. The zero-order valence-electron chi connectivity index (χ0n) is 10.6. The van der Waals surface area contributed by atoms with Crippen molar-refractivity contribution in [3.63, 3.8) is 0 Å². The molecule has 0 fully saturated rings. The fourth-order valence-corrected chi connectivity index (χ4v) is 2.07. The van der Waals surface area contributed by atoms with Gasteiger partial charge >= 0.3 is 0 Å². The predicted molar refractivity (Wildman–Crippen MR) is 78.0 cm³/mol. The molecule has 0 saturated carbocycles. The highest BCUT2D eigenvalue weighted by Gasteiger charge is 2.07. The van der Waals surface area contributed by atoms with Crippen LogP contribution in [-0.4, -0.2) is 35.0 Å². The molecule has 1 heterocycles. The van der Waals surface area contributed by atoms with Crippen LogP contribution < -0.4 is 11.1 Å². The minimum atomic E-state index is 0.389. The first-order valence-electron chi connectivity index (χ1n) is 5.86. The Balaban J connectivity index is 2.04. The Bertz CT molecular complexity index is 543. The number of aromatic nitrogens is 3. The fraction of sp³-hybridized carbons (Fsp3) is 0.333. The van der Waals surface area contributed by atoms with E-state index in [1.807, 2.05) is 24.3 Å². The van der Waals surface area contributed by atoms with Gasteiger partial charge in [-0.1, -0.05) is 28.1 Å². The van der Waals surface area contributed by atoms with E-state index in [9.17, 15) is 0 Å². The van der Waals surface area contributed by atoms with Crippen molar-refractivity contribution in [1.82, 2.24) is 14.8 Å². The van der Waals surface area contributed by atoms with E-state index in [4.69, 9.17) is 10.5 Å². The van der Waals surface area contributed by atoms with E-state index in [0.29, 0.717) is 31.6 Å². The van der Waals surface area contributed by atoms with E-state index in [2.05, 4.69) is 31.3 Å². The van der Waals surface area contributed by atoms with Crippen LogP contribution in [0.15, 0.2) is 28.7 Å². The van der Waals surface area contributed by atoms with Crippen LogP contribution in [0.2, 0.25) is 0 Å². The summed E-state index contributed by atoms with van der Waals surface area (Å²) in [4.78, 5) is 4.15. The molecule has 7 heteroatoms. The number of ether oxygens (including phenoxy) is 1. The Hall–Kier alpha value is -1.60. The van der Waals surface area contributed by atoms with Crippen molar-refractivity contribution in [1.29, 1.82) is 0 Å². The maximum atomic E-state index is 5.84. The molecule has 0 spiro atoms. The highest BCUT2D eigenvalue weighted by atomic mass is 79.9. The fourth-order valence-electron chi connectivity index (χ4n) is 1.62. The van der Waals surface area contributed by atoms with Crippen molar-refractivity contribution >= 4 is 27.8 Å². The lowest BCUT2D eigenvalue weighted by molar-refractivity contribution is 0.210. The average Bonchev–Trinajstić information content (AvgIpc) is 2.70. The van der Waals surface area contributed by atoms with Crippen LogP contribution >= 0.6 is 15.9 Å². The third-order valence-corrected chi connectivity index (χ3v) is 3.00. The number of hydrogen-bond acceptors (Lipinski definition) is 5. The molecular formula is C12H16BrN5O. The maximum absolute atomic E-state index is 5.84. The smallest absolute Gasteiger partial charge is 0.244 e. The SMILES string of the molecule is COCCNc1nc(N)n(Cc2cccc(Br)c2)n1. The van der Waals surface area contributed by atoms with Crippen LogP contribution in [0.4, 0.5) is 11.9 Å². The molecule has 0 bridgehead atoms. The van der Waals surface area contributed by atoms with E-state index in [-0.39, 0.29) is 0 Å². The molecule has 2 rings (SSSR count). The van der Waals surface area contributed by atoms with Crippen LogP contribution in [0.1, 0.15) is 5.56 Å². The minimum Gasteiger partial charge on any atom is -0.383 e. The molecule has 102 valence electrons. The van der Waals surface area contributed by atoms with E-state index in [0.717, 1.165) is 10.0 Å². The van der Waals surface area contributed by atoms with Crippen molar-refractivity contribution in [3.05, 3.63) is 34.3 Å². The van der Waals surface area contributed by atoms with Gasteiger partial charge in [0.25, 0.3) is 0 Å². The van der Waals surface area contributed by atoms with Crippen molar-refractivity contribution in [2.75, 3.05) is 31.3 Å². The molecule has 0 saturated heterocycles. The monoisotopic (exact) mass is 325 g/mol. The third-order valence-electron chi connectivity index (χ3n) is 2.51. The van der Waals surface area contributed by atoms with Crippen LogP contribution in [0.3, 0.4) is 0 Å². The van der Waals surface area contributed by atoms with Crippen LogP contribution in [0, 0.1) is 0 Å². The van der Waals surface area contributed by atoms with Gasteiger partial charge in [-0.3, -0.25) is 0 Å². The van der Waals surface area contributed by atoms with Crippen molar-refractivity contribution in [2.24, 2.45) is 0 Å². The summed E-state index contributed by atoms with van der Waals surface area (Å²) in [5.41, 5.74) is 6.94. The summed E-state index contributed by atoms with van der Waals surface area (Å²) >= 11 is 3.44. The van der Waals surface area contributed by atoms with Crippen LogP contribution in [-0.2, 0) is 11.3 Å². The molecule has 6 nitrogen and oxygen atoms in total. The summed E-state index contributed by atoms with van der Waals surface area (Å²) in [6, 6.07) is 8.00. The summed E-state index contributed by atoms with van der Waals surface area (Å²) in [6.45, 7) is 1.83. The molecular weight excluding hydrogens is 310 g/mol. The Morgan fingerprint density at radius 1 is 1.47 bits per heavy atom. The number of nitrogens with one attached hydrogen (secondary N) is 1. The first-order valence-corrected chi connectivity index (χ1v) is 6.66. The zero-order valence-corrected chi connectivity index (χ0v) is 12.2. The van der Waals surface area contributed by atoms with Crippen LogP contribution in [0.5, 0.6) is 0 Å². The lowest BCUT2D eigenvalue weighted by atomic mass is 10.2. The Kier molecular flexibility index (Phi) is 4.75. The topological polar surface area (TPSA) is 78.0 Å². The van der Waals surface area contributed by atoms with Gasteiger partial charge in [0.15, 0.2) is 0 Å². The van der Waals surface area contributed by atoms with Gasteiger partial charge in [0.2, 0.25) is 11.9 Å². The number of nitrogen functional groups attached to an aromatic ring is 1. The second kappa shape index (κ2) is 6.53. The predicted octanol–water partition coefficient (Wildman–Crippen LogP) is 1.73. The molecule has 0 aliphatic heterocycles. The van der Waals surface area contributed by atoms with Gasteiger partial charge in [-0.05, 0) is 17.7 Å². The molecule has 0 radical (unpaired) electrons. The van der Waals surface area contributed by atoms with E-state index >= 15 is 0 Å². The van der Waals surface area contributed by atoms with Gasteiger partial charge in [-0.25, -0.2) is 4.68 Å². The summed E-state index contributed by atoms with van der Waals surface area (Å²) in [5.74, 6) is 0.907. The van der Waals surface area contributed by atoms with Gasteiger partial charge in [0.05, 0.1) is 13.2 Å². The molecule has 2 aromatic rings. The van der Waals surface area contributed by atoms with Crippen LogP contribution in [0.25, 0.3) is 0 Å². The number of rotatable bonds is 6. The molecule has 19 heavy (non-hydrogen) atoms. The number of halogens is 1. The third kappa shape index (κ3) is 3.93. The molecule has 0 atom stereocenters. The number of methoxy groups -OCH3 is 1. The van der Waals surface area contributed by atoms with Gasteiger partial charge in [0, 0.05) is 18.1 Å². The van der Waals surface area contributed by atoms with Gasteiger partial charge < -0.3 is 15.8 Å². The largest absolute Gasteiger partial charge is 0.383 e. The standard InChI is InChI=1S/C12H16BrN5O/c1-19-6-5-15-12-16-11(14)18(17-12)8-9-3-2-4-10(13)7-9/h2-4,7H,5-6,8H2,1H3,(H3,14,15,16,17). The lowest BCUT2D eigenvalue weighted by Gasteiger charge is -2.03. The molecule has 1 aromatic heterocycles. The minimum absolute atomic E-state index is 0.389. The summed E-state index contributed by atoms with van der Waals surface area (Å²) in [5, 5.41) is 7.35. The number of nitrogens with two attached hydrogens (primary N) is 1. The molecule has 0 aliphatic rings. The van der Waals surface area contributed by atoms with E-state index in [1.165, 1.54) is 0 Å². The average molecular weight is 326 g/mol. The first kappa shape index (κ1) is 13.8. The number of hydrogen-bond donors (Lipinski definition) is 2. The first-order chi connectivity index (χ1) is 9.19. The quantitative estimate of drug-likeness (QED) is 0.791. The molecule has 0 unspecified atom stereocenters. The molecule has 0 amide bonds. The Morgan fingerprint density at radius 2 is 2.32 bits per heavy atom. The highest BCUT2D eigenvalue weighted by molar-refractivity contribution is 9.10. The normalized spacial score (nSPS) is 10.6.